The van der Waals surface area contributed by atoms with Crippen LogP contribution in [0.2, 0.25) is 0 Å². The molecule has 3 N–H and O–H groups in total. The SMILES string of the molecule is COc1ccc2cc1C(O)(C(F)(F)F)c1nnc(o1)-c1nc(c(C(F)(F)F)cc1N)N1CCC[C@H]1CCC2. The van der Waals surface area contributed by atoms with E-state index >= 15 is 0 Å². The molecular weight excluding hydrogens is 520 g/mol. The van der Waals surface area contributed by atoms with Crippen molar-refractivity contribution >= 4 is 11.5 Å². The lowest BCUT2D eigenvalue weighted by Gasteiger charge is -2.29. The van der Waals surface area contributed by atoms with Gasteiger partial charge in [0.25, 0.3) is 17.4 Å². The van der Waals surface area contributed by atoms with Crippen molar-refractivity contribution in [2.45, 2.75) is 56.1 Å². The van der Waals surface area contributed by atoms with E-state index in [0.717, 1.165) is 13.2 Å². The third-order valence-electron chi connectivity index (χ3n) is 6.99. The topological polar surface area (TPSA) is 111 Å². The van der Waals surface area contributed by atoms with E-state index in [4.69, 9.17) is 14.9 Å². The summed E-state index contributed by atoms with van der Waals surface area (Å²) in [4.78, 5) is 5.66. The molecule has 3 aromatic rings. The second-order valence-corrected chi connectivity index (χ2v) is 9.33. The summed E-state index contributed by atoms with van der Waals surface area (Å²) in [6, 6.07) is 4.41. The Labute approximate surface area is 212 Å². The van der Waals surface area contributed by atoms with Gasteiger partial charge in [0.05, 0.1) is 12.8 Å². The molecule has 204 valence electrons. The van der Waals surface area contributed by atoms with Gasteiger partial charge in [-0.15, -0.1) is 10.2 Å². The number of fused-ring (bicyclic) bond motifs is 9. The zero-order valence-electron chi connectivity index (χ0n) is 20.0. The molecule has 0 saturated carbocycles. The van der Waals surface area contributed by atoms with Gasteiger partial charge >= 0.3 is 12.4 Å². The van der Waals surface area contributed by atoms with E-state index in [1.54, 1.807) is 11.0 Å². The minimum atomic E-state index is -5.34. The van der Waals surface area contributed by atoms with Gasteiger partial charge in [0.2, 0.25) is 0 Å². The molecule has 0 spiro atoms. The van der Waals surface area contributed by atoms with Crippen LogP contribution >= 0.6 is 0 Å². The summed E-state index contributed by atoms with van der Waals surface area (Å²) in [6.07, 6.45) is -7.65. The summed E-state index contributed by atoms with van der Waals surface area (Å²) in [6.45, 7) is 0.305. The van der Waals surface area contributed by atoms with Crippen molar-refractivity contribution in [3.05, 3.63) is 46.8 Å². The molecule has 1 unspecified atom stereocenters. The number of hydrogen-bond donors (Lipinski definition) is 2. The first-order valence-corrected chi connectivity index (χ1v) is 11.8. The Morgan fingerprint density at radius 1 is 1.11 bits per heavy atom. The Balaban J connectivity index is 1.77. The molecule has 2 atom stereocenters. The third-order valence-corrected chi connectivity index (χ3v) is 6.99. The summed E-state index contributed by atoms with van der Waals surface area (Å²) in [5, 5.41) is 18.1. The van der Waals surface area contributed by atoms with Crippen LogP contribution in [0.5, 0.6) is 5.75 Å². The van der Waals surface area contributed by atoms with Crippen LogP contribution in [0, 0.1) is 0 Å². The van der Waals surface area contributed by atoms with Crippen LogP contribution in [-0.4, -0.2) is 46.2 Å². The average Bonchev–Trinajstić information content (AvgIpc) is 3.52. The monoisotopic (exact) mass is 543 g/mol. The van der Waals surface area contributed by atoms with Crippen molar-refractivity contribution in [1.82, 2.24) is 15.2 Å². The molecule has 14 heteroatoms. The molecule has 2 aliphatic heterocycles. The minimum absolute atomic E-state index is 0.269. The van der Waals surface area contributed by atoms with Gasteiger partial charge in [-0.3, -0.25) is 0 Å². The van der Waals surface area contributed by atoms with Crippen molar-refractivity contribution < 1.29 is 40.6 Å². The molecule has 1 aromatic carbocycles. The molecule has 0 amide bonds. The third kappa shape index (κ3) is 4.20. The van der Waals surface area contributed by atoms with Gasteiger partial charge < -0.3 is 24.9 Å². The van der Waals surface area contributed by atoms with Gasteiger partial charge in [-0.05, 0) is 55.9 Å². The van der Waals surface area contributed by atoms with Crippen LogP contribution in [0.1, 0.15) is 48.3 Å². The number of ether oxygens (including phenoxy) is 1. The van der Waals surface area contributed by atoms with E-state index in [-0.39, 0.29) is 11.8 Å². The summed E-state index contributed by atoms with van der Waals surface area (Å²) in [5.74, 6) is -2.61. The summed E-state index contributed by atoms with van der Waals surface area (Å²) in [5.41, 5.74) is -0.135. The first-order valence-electron chi connectivity index (χ1n) is 11.8. The maximum Gasteiger partial charge on any atom is 0.430 e. The fraction of sp³-hybridized carbons (Fsp3) is 0.458. The second kappa shape index (κ2) is 9.03. The number of nitrogens with two attached hydrogens (primary N) is 1. The van der Waals surface area contributed by atoms with Gasteiger partial charge in [0.1, 0.15) is 17.1 Å². The number of benzene rings is 1. The molecule has 1 fully saturated rings. The lowest BCUT2D eigenvalue weighted by molar-refractivity contribution is -0.256. The number of hydrogen-bond acceptors (Lipinski definition) is 8. The van der Waals surface area contributed by atoms with Crippen LogP contribution in [0.25, 0.3) is 11.6 Å². The van der Waals surface area contributed by atoms with E-state index in [0.29, 0.717) is 50.3 Å². The molecule has 6 bridgehead atoms. The molecule has 8 nitrogen and oxygen atoms in total. The second-order valence-electron chi connectivity index (χ2n) is 9.33. The molecule has 0 aliphatic carbocycles. The van der Waals surface area contributed by atoms with Crippen LogP contribution in [0.15, 0.2) is 28.7 Å². The Morgan fingerprint density at radius 2 is 1.84 bits per heavy atom. The highest BCUT2D eigenvalue weighted by Gasteiger charge is 2.62. The number of halogens is 6. The number of aryl methyl sites for hydroxylation is 1. The van der Waals surface area contributed by atoms with Gasteiger partial charge in [0, 0.05) is 18.2 Å². The van der Waals surface area contributed by atoms with Crippen molar-refractivity contribution in [3.63, 3.8) is 0 Å². The smallest absolute Gasteiger partial charge is 0.430 e. The van der Waals surface area contributed by atoms with E-state index < -0.39 is 58.1 Å². The summed E-state index contributed by atoms with van der Waals surface area (Å²) in [7, 11) is 1.15. The number of rotatable bonds is 1. The number of nitrogens with zero attached hydrogens (tertiary/aromatic N) is 4. The fourth-order valence-electron chi connectivity index (χ4n) is 5.12. The van der Waals surface area contributed by atoms with Crippen molar-refractivity contribution in [2.75, 3.05) is 24.3 Å². The highest BCUT2D eigenvalue weighted by atomic mass is 19.4. The Bertz CT molecular complexity index is 1360. The first kappa shape index (κ1) is 26.1. The molecule has 1 saturated heterocycles. The molecular formula is C24H23F6N5O3. The Kier molecular flexibility index (Phi) is 6.20. The molecule has 5 rings (SSSR count). The molecule has 4 heterocycles. The largest absolute Gasteiger partial charge is 0.496 e. The predicted octanol–water partition coefficient (Wildman–Crippen LogP) is 4.84. The molecule has 2 aliphatic rings. The van der Waals surface area contributed by atoms with Crippen molar-refractivity contribution in [3.8, 4) is 17.3 Å². The van der Waals surface area contributed by atoms with Crippen LogP contribution in [0.3, 0.4) is 0 Å². The number of pyridine rings is 1. The fourth-order valence-corrected chi connectivity index (χ4v) is 5.12. The van der Waals surface area contributed by atoms with Crippen molar-refractivity contribution in [1.29, 1.82) is 0 Å². The maximum absolute atomic E-state index is 14.5. The normalized spacial score (nSPS) is 22.0. The van der Waals surface area contributed by atoms with Gasteiger partial charge in [-0.25, -0.2) is 4.98 Å². The van der Waals surface area contributed by atoms with Gasteiger partial charge in [-0.1, -0.05) is 6.07 Å². The number of aliphatic hydroxyl groups is 1. The zero-order chi connectivity index (χ0) is 27.5. The van der Waals surface area contributed by atoms with Crippen LogP contribution in [-0.2, 0) is 18.2 Å². The molecule has 0 radical (unpaired) electrons. The average molecular weight is 543 g/mol. The van der Waals surface area contributed by atoms with Crippen LogP contribution in [0.4, 0.5) is 37.8 Å². The van der Waals surface area contributed by atoms with Crippen LogP contribution < -0.4 is 15.4 Å². The number of alkyl halides is 6. The quantitative estimate of drug-likeness (QED) is 0.420. The van der Waals surface area contributed by atoms with Gasteiger partial charge in [-0.2, -0.15) is 26.3 Å². The standard InChI is InChI=1S/C24H23F6N5O3/c1-37-17-8-7-12-4-2-5-13-6-3-9-35(13)19-15(23(25,26)27)11-16(31)18(32-19)20-33-34-21(38-20)22(36,14(17)10-12)24(28,29)30/h7-8,10-11,13,36H,2-6,9,31H2,1H3/t13-,22?/m1/s1. The maximum atomic E-state index is 14.5. The number of nitrogen functional groups attached to an aromatic ring is 1. The predicted molar refractivity (Wildman–Crippen MR) is 122 cm³/mol. The Morgan fingerprint density at radius 3 is 2.53 bits per heavy atom. The summed E-state index contributed by atoms with van der Waals surface area (Å²) >= 11 is 0. The number of anilines is 2. The van der Waals surface area contributed by atoms with Gasteiger partial charge in [0.15, 0.2) is 5.69 Å². The Hall–Kier alpha value is -3.55. The van der Waals surface area contributed by atoms with E-state index in [1.165, 1.54) is 6.07 Å². The molecule has 38 heavy (non-hydrogen) atoms. The van der Waals surface area contributed by atoms with E-state index in [9.17, 15) is 31.4 Å². The number of methoxy groups -OCH3 is 1. The van der Waals surface area contributed by atoms with Crippen molar-refractivity contribution in [2.24, 2.45) is 0 Å². The lowest BCUT2D eigenvalue weighted by Crippen LogP contribution is -2.44. The number of aromatic nitrogens is 3. The highest BCUT2D eigenvalue weighted by Crippen LogP contribution is 2.48. The summed E-state index contributed by atoms with van der Waals surface area (Å²) < 4.78 is 95.8. The minimum Gasteiger partial charge on any atom is -0.496 e. The molecule has 2 aromatic heterocycles. The highest BCUT2D eigenvalue weighted by molar-refractivity contribution is 5.72. The van der Waals surface area contributed by atoms with E-state index in [1.807, 2.05) is 0 Å². The lowest BCUT2D eigenvalue weighted by atomic mass is 9.89. The zero-order valence-corrected chi connectivity index (χ0v) is 20.0. The first-order chi connectivity index (χ1) is 17.8. The van der Waals surface area contributed by atoms with E-state index in [2.05, 4.69) is 15.2 Å².